The number of amidine groups is 1. The van der Waals surface area contributed by atoms with Crippen LogP contribution in [0.3, 0.4) is 0 Å². The lowest BCUT2D eigenvalue weighted by atomic mass is 10.3. The molecule has 1 saturated heterocycles. The molecule has 1 aliphatic carbocycles. The van der Waals surface area contributed by atoms with Gasteiger partial charge in [0.05, 0.1) is 0 Å². The third-order valence-electron chi connectivity index (χ3n) is 5.49. The summed E-state index contributed by atoms with van der Waals surface area (Å²) >= 11 is 1.44. The van der Waals surface area contributed by atoms with Crippen molar-refractivity contribution in [2.24, 2.45) is 16.6 Å². The molecule has 1 aromatic carbocycles. The van der Waals surface area contributed by atoms with E-state index in [0.717, 1.165) is 55.4 Å². The SMILES string of the molecule is CC(=N)CC(N)=Nc1cc(N2CCN(C)CC2)nc(Sc2ccc(NC(=O)C3CC3)cc2)n1. The third kappa shape index (κ3) is 6.75. The minimum atomic E-state index is 0.0962. The molecule has 10 heteroatoms. The molecule has 9 nitrogen and oxygen atoms in total. The van der Waals surface area contributed by atoms with Crippen LogP contribution in [-0.2, 0) is 4.79 Å². The molecule has 33 heavy (non-hydrogen) atoms. The number of piperazine rings is 1. The van der Waals surface area contributed by atoms with Crippen LogP contribution < -0.4 is 16.0 Å². The highest BCUT2D eigenvalue weighted by molar-refractivity contribution is 7.99. The van der Waals surface area contributed by atoms with Gasteiger partial charge in [0.15, 0.2) is 11.0 Å². The third-order valence-corrected chi connectivity index (χ3v) is 6.36. The molecule has 0 radical (unpaired) electrons. The first kappa shape index (κ1) is 23.2. The Balaban J connectivity index is 1.53. The molecule has 1 amide bonds. The first-order valence-corrected chi connectivity index (χ1v) is 12.0. The van der Waals surface area contributed by atoms with E-state index in [4.69, 9.17) is 16.1 Å². The van der Waals surface area contributed by atoms with Crippen molar-refractivity contribution in [3.8, 4) is 0 Å². The number of carbonyl (C=O) groups excluding carboxylic acids is 1. The molecule has 0 unspecified atom stereocenters. The van der Waals surface area contributed by atoms with Crippen LogP contribution in [0.5, 0.6) is 0 Å². The molecule has 1 aromatic heterocycles. The van der Waals surface area contributed by atoms with E-state index in [1.54, 1.807) is 6.92 Å². The Labute approximate surface area is 198 Å². The molecule has 0 bridgehead atoms. The first-order chi connectivity index (χ1) is 15.9. The Morgan fingerprint density at radius 1 is 1.21 bits per heavy atom. The molecule has 2 fully saturated rings. The molecule has 2 aromatic rings. The van der Waals surface area contributed by atoms with Gasteiger partial charge in [-0.1, -0.05) is 0 Å². The highest BCUT2D eigenvalue weighted by atomic mass is 32.2. The maximum Gasteiger partial charge on any atom is 0.227 e. The number of hydrogen-bond donors (Lipinski definition) is 3. The van der Waals surface area contributed by atoms with Gasteiger partial charge >= 0.3 is 0 Å². The zero-order chi connectivity index (χ0) is 23.4. The number of aliphatic imine (C=N–C) groups is 1. The predicted octanol–water partition coefficient (Wildman–Crippen LogP) is 3.15. The fourth-order valence-corrected chi connectivity index (χ4v) is 4.22. The molecule has 2 heterocycles. The van der Waals surface area contributed by atoms with E-state index in [2.05, 4.69) is 32.1 Å². The van der Waals surface area contributed by atoms with Crippen molar-refractivity contribution < 1.29 is 4.79 Å². The van der Waals surface area contributed by atoms with E-state index in [1.165, 1.54) is 11.8 Å². The van der Waals surface area contributed by atoms with Crippen LogP contribution in [-0.4, -0.2) is 65.5 Å². The molecule has 4 rings (SSSR count). The molecule has 0 atom stereocenters. The molecule has 1 saturated carbocycles. The van der Waals surface area contributed by atoms with Crippen molar-refractivity contribution in [1.29, 1.82) is 5.41 Å². The van der Waals surface area contributed by atoms with Crippen LogP contribution in [0.1, 0.15) is 26.2 Å². The van der Waals surface area contributed by atoms with Gasteiger partial charge in [-0.15, -0.1) is 0 Å². The van der Waals surface area contributed by atoms with Gasteiger partial charge in [0.2, 0.25) is 5.91 Å². The molecular weight excluding hydrogens is 436 g/mol. The second kappa shape index (κ2) is 10.3. The van der Waals surface area contributed by atoms with Crippen LogP contribution in [0.4, 0.5) is 17.3 Å². The summed E-state index contributed by atoms with van der Waals surface area (Å²) in [6.45, 7) is 5.40. The van der Waals surface area contributed by atoms with E-state index in [-0.39, 0.29) is 11.8 Å². The summed E-state index contributed by atoms with van der Waals surface area (Å²) in [6.07, 6.45) is 2.27. The zero-order valence-corrected chi connectivity index (χ0v) is 19.9. The lowest BCUT2D eigenvalue weighted by Gasteiger charge is -2.33. The van der Waals surface area contributed by atoms with Gasteiger partial charge in [-0.05, 0) is 62.8 Å². The van der Waals surface area contributed by atoms with Crippen molar-refractivity contribution >= 4 is 46.5 Å². The summed E-state index contributed by atoms with van der Waals surface area (Å²) < 4.78 is 0. The average molecular weight is 467 g/mol. The standard InChI is InChI=1S/C23H30N8OS/c1-15(24)13-19(25)27-20-14-21(31-11-9-30(2)10-12-31)29-23(28-20)33-18-7-5-17(6-8-18)26-22(32)16-3-4-16/h5-8,14,16,24H,3-4,9-13H2,1-2H3,(H,26,32)(H2,25,27,28,29). The summed E-state index contributed by atoms with van der Waals surface area (Å²) in [4.78, 5) is 31.3. The number of hydrogen-bond acceptors (Lipinski definition) is 8. The summed E-state index contributed by atoms with van der Waals surface area (Å²) in [6, 6.07) is 9.56. The summed E-state index contributed by atoms with van der Waals surface area (Å²) in [5, 5.41) is 11.2. The van der Waals surface area contributed by atoms with Gasteiger partial charge in [-0.2, -0.15) is 0 Å². The second-order valence-electron chi connectivity index (χ2n) is 8.61. The molecule has 2 aliphatic rings. The van der Waals surface area contributed by atoms with Crippen molar-refractivity contribution in [3.63, 3.8) is 0 Å². The lowest BCUT2D eigenvalue weighted by Crippen LogP contribution is -2.44. The van der Waals surface area contributed by atoms with Gasteiger partial charge < -0.3 is 26.3 Å². The van der Waals surface area contributed by atoms with E-state index >= 15 is 0 Å². The van der Waals surface area contributed by atoms with E-state index < -0.39 is 0 Å². The van der Waals surface area contributed by atoms with Crippen LogP contribution >= 0.6 is 11.8 Å². The summed E-state index contributed by atoms with van der Waals surface area (Å²) in [5.74, 6) is 1.95. The molecule has 1 aliphatic heterocycles. The zero-order valence-electron chi connectivity index (χ0n) is 19.0. The fourth-order valence-electron chi connectivity index (χ4n) is 3.46. The summed E-state index contributed by atoms with van der Waals surface area (Å²) in [7, 11) is 2.12. The Morgan fingerprint density at radius 3 is 2.55 bits per heavy atom. The molecule has 0 spiro atoms. The Morgan fingerprint density at radius 2 is 1.91 bits per heavy atom. The van der Waals surface area contributed by atoms with E-state index in [1.807, 2.05) is 30.3 Å². The Kier molecular flexibility index (Phi) is 7.24. The predicted molar refractivity (Wildman–Crippen MR) is 133 cm³/mol. The number of aromatic nitrogens is 2. The highest BCUT2D eigenvalue weighted by Gasteiger charge is 2.29. The smallest absolute Gasteiger partial charge is 0.227 e. The van der Waals surface area contributed by atoms with Crippen molar-refractivity contribution in [1.82, 2.24) is 14.9 Å². The maximum absolute atomic E-state index is 12.0. The number of carbonyl (C=O) groups is 1. The number of likely N-dealkylation sites (N-methyl/N-ethyl adjacent to an activating group) is 1. The molecule has 4 N–H and O–H groups in total. The molecular formula is C23H30N8OS. The number of anilines is 2. The molecule has 174 valence electrons. The monoisotopic (exact) mass is 466 g/mol. The quantitative estimate of drug-likeness (QED) is 0.310. The summed E-state index contributed by atoms with van der Waals surface area (Å²) in [5.41, 5.74) is 7.27. The normalized spacial score (nSPS) is 17.2. The average Bonchev–Trinajstić information content (AvgIpc) is 3.60. The number of amides is 1. The number of benzene rings is 1. The van der Waals surface area contributed by atoms with Gasteiger partial charge in [0.1, 0.15) is 11.7 Å². The van der Waals surface area contributed by atoms with E-state index in [0.29, 0.717) is 28.9 Å². The number of nitrogens with zero attached hydrogens (tertiary/aromatic N) is 5. The van der Waals surface area contributed by atoms with Crippen molar-refractivity contribution in [2.45, 2.75) is 36.2 Å². The van der Waals surface area contributed by atoms with Crippen molar-refractivity contribution in [3.05, 3.63) is 30.3 Å². The lowest BCUT2D eigenvalue weighted by molar-refractivity contribution is -0.117. The van der Waals surface area contributed by atoms with Gasteiger partial charge in [0.25, 0.3) is 0 Å². The topological polar surface area (TPSA) is 124 Å². The number of rotatable bonds is 8. The van der Waals surface area contributed by atoms with Gasteiger partial charge in [0, 0.05) is 60.9 Å². The van der Waals surface area contributed by atoms with Crippen LogP contribution in [0, 0.1) is 11.3 Å². The minimum Gasteiger partial charge on any atom is -0.387 e. The maximum atomic E-state index is 12.0. The van der Waals surface area contributed by atoms with Crippen LogP contribution in [0.15, 0.2) is 45.4 Å². The first-order valence-electron chi connectivity index (χ1n) is 11.1. The largest absolute Gasteiger partial charge is 0.387 e. The Hall–Kier alpha value is -2.98. The highest BCUT2D eigenvalue weighted by Crippen LogP contribution is 2.32. The van der Waals surface area contributed by atoms with Crippen molar-refractivity contribution in [2.75, 3.05) is 43.4 Å². The number of nitrogens with one attached hydrogen (secondary N) is 2. The van der Waals surface area contributed by atoms with Gasteiger partial charge in [-0.3, -0.25) is 4.79 Å². The minimum absolute atomic E-state index is 0.0962. The van der Waals surface area contributed by atoms with Crippen LogP contribution in [0.25, 0.3) is 0 Å². The fraction of sp³-hybridized carbons (Fsp3) is 0.435. The van der Waals surface area contributed by atoms with Crippen LogP contribution in [0.2, 0.25) is 0 Å². The Bertz CT molecular complexity index is 1040. The number of nitrogens with two attached hydrogens (primary N) is 1. The second-order valence-corrected chi connectivity index (χ2v) is 9.65. The van der Waals surface area contributed by atoms with Gasteiger partial charge in [-0.25, -0.2) is 15.0 Å². The van der Waals surface area contributed by atoms with E-state index in [9.17, 15) is 4.79 Å².